The van der Waals surface area contributed by atoms with Crippen LogP contribution in [0.15, 0.2) is 59.6 Å². The van der Waals surface area contributed by atoms with Gasteiger partial charge in [0.2, 0.25) is 11.8 Å². The zero-order chi connectivity index (χ0) is 39.8. The molecule has 0 atom stereocenters. The number of ether oxygens (including phenoxy) is 2. The zero-order valence-electron chi connectivity index (χ0n) is 32.9. The van der Waals surface area contributed by atoms with Crippen LogP contribution in [0, 0.1) is 23.1 Å². The molecule has 1 aliphatic heterocycles. The molecule has 6 N–H and O–H groups in total. The van der Waals surface area contributed by atoms with E-state index < -0.39 is 11.7 Å². The van der Waals surface area contributed by atoms with Crippen molar-refractivity contribution in [3.63, 3.8) is 0 Å². The number of carbonyl (C=O) groups excluding carboxylic acids is 1. The average molecular weight is 744 g/mol. The van der Waals surface area contributed by atoms with Crippen LogP contribution in [-0.2, 0) is 24.4 Å². The highest BCUT2D eigenvalue weighted by Gasteiger charge is 2.24. The highest BCUT2D eigenvalue weighted by molar-refractivity contribution is 5.96. The van der Waals surface area contributed by atoms with Crippen LogP contribution in [-0.4, -0.2) is 63.1 Å². The van der Waals surface area contributed by atoms with E-state index in [9.17, 15) is 9.18 Å². The number of aromatic nitrogens is 3. The van der Waals surface area contributed by atoms with Crippen LogP contribution in [0.25, 0.3) is 11.0 Å². The summed E-state index contributed by atoms with van der Waals surface area (Å²) in [6.07, 6.45) is 2.89. The molecule has 0 bridgehead atoms. The van der Waals surface area contributed by atoms with Crippen molar-refractivity contribution in [3.05, 3.63) is 88.6 Å². The fraction of sp³-hybridized carbons (Fsp3) is 0.488. The van der Waals surface area contributed by atoms with Crippen molar-refractivity contribution in [2.75, 3.05) is 26.2 Å². The second kappa shape index (κ2) is 21.0. The SMILES string of the molecule is CC.CCC(C)(C)OCC(C)C.N#Cc1ccc(COc2cccc(C3CCN(Cc4nc5ccc(C(N)=O)cc5n4CCN=C(N)N)CC3)n2)c(F)c1. The number of guanidine groups is 1. The zero-order valence-corrected chi connectivity index (χ0v) is 32.9. The van der Waals surface area contributed by atoms with Gasteiger partial charge in [-0.05, 0) is 88.5 Å². The Morgan fingerprint density at radius 3 is 2.41 bits per heavy atom. The number of imidazole rings is 1. The number of nitriles is 1. The molecule has 0 saturated carbocycles. The number of primary amides is 1. The van der Waals surface area contributed by atoms with Crippen molar-refractivity contribution >= 4 is 22.9 Å². The molecule has 12 nitrogen and oxygen atoms in total. The van der Waals surface area contributed by atoms with E-state index in [0.717, 1.165) is 61.5 Å². The Morgan fingerprint density at radius 2 is 1.80 bits per heavy atom. The number of carbonyl (C=O) groups is 1. The summed E-state index contributed by atoms with van der Waals surface area (Å²) >= 11 is 0. The summed E-state index contributed by atoms with van der Waals surface area (Å²) in [4.78, 5) is 27.8. The maximum absolute atomic E-state index is 14.2. The van der Waals surface area contributed by atoms with Gasteiger partial charge in [0, 0.05) is 42.0 Å². The van der Waals surface area contributed by atoms with Crippen LogP contribution in [0.2, 0.25) is 0 Å². The number of halogens is 1. The monoisotopic (exact) mass is 743 g/mol. The predicted molar refractivity (Wildman–Crippen MR) is 212 cm³/mol. The number of hydrogen-bond donors (Lipinski definition) is 3. The van der Waals surface area contributed by atoms with Gasteiger partial charge in [-0.1, -0.05) is 46.8 Å². The molecule has 0 unspecified atom stereocenters. The second-order valence-electron chi connectivity index (χ2n) is 14.0. The Balaban J connectivity index is 0.000000568. The van der Waals surface area contributed by atoms with Gasteiger partial charge < -0.3 is 31.2 Å². The third kappa shape index (κ3) is 13.1. The normalized spacial score (nSPS) is 13.3. The van der Waals surface area contributed by atoms with Crippen LogP contribution in [0.5, 0.6) is 5.88 Å². The average Bonchev–Trinajstić information content (AvgIpc) is 3.50. The lowest BCUT2D eigenvalue weighted by Crippen LogP contribution is -2.33. The van der Waals surface area contributed by atoms with Gasteiger partial charge in [-0.2, -0.15) is 5.26 Å². The molecule has 4 aromatic rings. The predicted octanol–water partition coefficient (Wildman–Crippen LogP) is 6.65. The molecule has 13 heteroatoms. The van der Waals surface area contributed by atoms with Crippen LogP contribution < -0.4 is 21.9 Å². The largest absolute Gasteiger partial charge is 0.473 e. The molecule has 1 amide bonds. The number of rotatable bonds is 14. The number of likely N-dealkylation sites (tertiary alicyclic amines) is 1. The van der Waals surface area contributed by atoms with Crippen LogP contribution in [0.3, 0.4) is 0 Å². The quantitative estimate of drug-likeness (QED) is 0.0941. The lowest BCUT2D eigenvalue weighted by molar-refractivity contribution is -0.0327. The second-order valence-corrected chi connectivity index (χ2v) is 14.0. The van der Waals surface area contributed by atoms with E-state index in [0.29, 0.717) is 42.6 Å². The van der Waals surface area contributed by atoms with E-state index in [1.54, 1.807) is 36.4 Å². The molecule has 5 rings (SSSR count). The summed E-state index contributed by atoms with van der Waals surface area (Å²) in [7, 11) is 0. The van der Waals surface area contributed by atoms with Crippen LogP contribution in [0.1, 0.15) is 107 Å². The van der Waals surface area contributed by atoms with Gasteiger partial charge in [-0.3, -0.25) is 14.7 Å². The van der Waals surface area contributed by atoms with Crippen molar-refractivity contribution in [1.29, 1.82) is 5.26 Å². The van der Waals surface area contributed by atoms with Gasteiger partial charge in [0.05, 0.1) is 41.4 Å². The number of nitrogens with zero attached hydrogens (tertiary/aromatic N) is 6. The Hall–Kier alpha value is -5.06. The maximum atomic E-state index is 14.2. The lowest BCUT2D eigenvalue weighted by atomic mass is 9.93. The molecule has 1 fully saturated rings. The summed E-state index contributed by atoms with van der Waals surface area (Å²) < 4.78 is 27.7. The molecule has 54 heavy (non-hydrogen) atoms. The van der Waals surface area contributed by atoms with Gasteiger partial charge in [0.25, 0.3) is 0 Å². The van der Waals surface area contributed by atoms with Gasteiger partial charge >= 0.3 is 0 Å². The number of piperidine rings is 1. The van der Waals surface area contributed by atoms with Crippen molar-refractivity contribution in [3.8, 4) is 11.9 Å². The summed E-state index contributed by atoms with van der Waals surface area (Å²) in [5, 5.41) is 8.93. The molecule has 1 aliphatic rings. The summed E-state index contributed by atoms with van der Waals surface area (Å²) in [6.45, 7) is 18.9. The molecular formula is C41H58FN9O3. The molecule has 0 spiro atoms. The first-order valence-electron chi connectivity index (χ1n) is 18.8. The van der Waals surface area contributed by atoms with E-state index in [1.807, 2.05) is 36.6 Å². The van der Waals surface area contributed by atoms with E-state index in [2.05, 4.69) is 44.5 Å². The molecule has 0 aliphatic carbocycles. The fourth-order valence-corrected chi connectivity index (χ4v) is 5.68. The van der Waals surface area contributed by atoms with Crippen molar-refractivity contribution in [2.24, 2.45) is 28.1 Å². The van der Waals surface area contributed by atoms with E-state index >= 15 is 0 Å². The smallest absolute Gasteiger partial charge is 0.248 e. The third-order valence-corrected chi connectivity index (χ3v) is 9.06. The summed E-state index contributed by atoms with van der Waals surface area (Å²) in [5.41, 5.74) is 20.2. The first kappa shape index (κ1) is 43.3. The molecule has 3 heterocycles. The minimum absolute atomic E-state index is 0.0189. The number of amides is 1. The minimum atomic E-state index is -0.498. The fourth-order valence-electron chi connectivity index (χ4n) is 5.68. The van der Waals surface area contributed by atoms with Gasteiger partial charge in [0.15, 0.2) is 5.96 Å². The van der Waals surface area contributed by atoms with Crippen molar-refractivity contribution in [1.82, 2.24) is 19.4 Å². The molecule has 1 saturated heterocycles. The number of hydrogen-bond acceptors (Lipinski definition) is 8. The number of benzene rings is 2. The first-order chi connectivity index (χ1) is 25.8. The van der Waals surface area contributed by atoms with Crippen molar-refractivity contribution in [2.45, 2.75) is 98.9 Å². The summed E-state index contributed by atoms with van der Waals surface area (Å²) in [6, 6.07) is 17.1. The summed E-state index contributed by atoms with van der Waals surface area (Å²) in [5.74, 6) is 1.24. The van der Waals surface area contributed by atoms with Crippen LogP contribution in [0.4, 0.5) is 4.39 Å². The third-order valence-electron chi connectivity index (χ3n) is 9.06. The highest BCUT2D eigenvalue weighted by atomic mass is 19.1. The maximum Gasteiger partial charge on any atom is 0.248 e. The number of pyridine rings is 1. The van der Waals surface area contributed by atoms with E-state index in [4.69, 9.17) is 41.9 Å². The van der Waals surface area contributed by atoms with Crippen molar-refractivity contribution < 1.29 is 18.7 Å². The topological polar surface area (TPSA) is 184 Å². The van der Waals surface area contributed by atoms with Gasteiger partial charge in [-0.25, -0.2) is 14.4 Å². The number of fused-ring (bicyclic) bond motifs is 1. The first-order valence-corrected chi connectivity index (χ1v) is 18.8. The Kier molecular flexibility index (Phi) is 16.8. The minimum Gasteiger partial charge on any atom is -0.473 e. The van der Waals surface area contributed by atoms with E-state index in [1.165, 1.54) is 6.07 Å². The molecule has 2 aromatic heterocycles. The van der Waals surface area contributed by atoms with Gasteiger partial charge in [0.1, 0.15) is 18.2 Å². The molecule has 2 aromatic carbocycles. The van der Waals surface area contributed by atoms with Gasteiger partial charge in [-0.15, -0.1) is 0 Å². The molecule has 292 valence electrons. The standard InChI is InChI=1S/C30H32FN9O2.C9H20O.C2H6/c31-23-14-19(16-32)4-5-22(23)18-42-28-3-1-2-24(38-28)20-8-11-39(12-9-20)17-27-37-25-7-6-21(29(33)41)15-26(25)40(27)13-10-36-30(34)35;1-6-9(4,5)10-7-8(2)3;1-2/h1-7,14-15,20H,8-13,17-18H2,(H2,33,41)(H4,34,35,36);8H,6-7H2,1-5H3;1-2H3. The highest BCUT2D eigenvalue weighted by Crippen LogP contribution is 2.29. The number of nitrogens with two attached hydrogens (primary N) is 3. The molecular weight excluding hydrogens is 686 g/mol. The lowest BCUT2D eigenvalue weighted by Gasteiger charge is -2.31. The Bertz CT molecular complexity index is 1870. The van der Waals surface area contributed by atoms with E-state index in [-0.39, 0.29) is 29.6 Å². The Morgan fingerprint density at radius 1 is 1.07 bits per heavy atom. The molecule has 0 radical (unpaired) electrons. The number of aliphatic imine (C=N–C) groups is 1. The Labute approximate surface area is 319 Å². The van der Waals surface area contributed by atoms with Crippen LogP contribution >= 0.6 is 0 Å².